The van der Waals surface area contributed by atoms with Gasteiger partial charge in [-0.1, -0.05) is 30.3 Å². The summed E-state index contributed by atoms with van der Waals surface area (Å²) in [6.45, 7) is 3.81. The predicted octanol–water partition coefficient (Wildman–Crippen LogP) is 4.22. The standard InChI is InChI=1S/C22H25FN4OS/c1-2-24-21(28)25-13-6-14-27-20(15-17-7-4-3-5-8-17)16-29-22(27)26-19-11-9-18(23)10-12-19/h3-5,7-12,16H,2,6,13-15H2,1H3,(H2,24,25,28). The maximum atomic E-state index is 13.2. The molecular formula is C22H25FN4OS. The Bertz CT molecular complexity index is 980. The van der Waals surface area contributed by atoms with E-state index in [-0.39, 0.29) is 11.8 Å². The molecule has 7 heteroatoms. The molecule has 0 aliphatic heterocycles. The van der Waals surface area contributed by atoms with E-state index < -0.39 is 0 Å². The molecule has 29 heavy (non-hydrogen) atoms. The zero-order valence-corrected chi connectivity index (χ0v) is 17.2. The molecule has 0 unspecified atom stereocenters. The van der Waals surface area contributed by atoms with Crippen molar-refractivity contribution < 1.29 is 9.18 Å². The monoisotopic (exact) mass is 412 g/mol. The fraction of sp³-hybridized carbons (Fsp3) is 0.273. The van der Waals surface area contributed by atoms with E-state index >= 15 is 0 Å². The average molecular weight is 413 g/mol. The van der Waals surface area contributed by atoms with E-state index in [0.29, 0.717) is 18.8 Å². The number of halogens is 1. The largest absolute Gasteiger partial charge is 0.338 e. The van der Waals surface area contributed by atoms with Crippen LogP contribution in [0.4, 0.5) is 14.9 Å². The maximum absolute atomic E-state index is 13.2. The van der Waals surface area contributed by atoms with Gasteiger partial charge in [-0.15, -0.1) is 11.3 Å². The Hall–Kier alpha value is -2.93. The Morgan fingerprint density at radius 3 is 2.59 bits per heavy atom. The summed E-state index contributed by atoms with van der Waals surface area (Å²) in [6, 6.07) is 16.3. The molecule has 0 saturated heterocycles. The van der Waals surface area contributed by atoms with Gasteiger partial charge in [0.2, 0.25) is 0 Å². The number of thiazole rings is 1. The zero-order valence-electron chi connectivity index (χ0n) is 16.4. The topological polar surface area (TPSA) is 58.4 Å². The number of aromatic nitrogens is 1. The van der Waals surface area contributed by atoms with Crippen LogP contribution in [0.15, 0.2) is 65.0 Å². The van der Waals surface area contributed by atoms with Crippen LogP contribution in [0.25, 0.3) is 0 Å². The fourth-order valence-corrected chi connectivity index (χ4v) is 3.87. The Morgan fingerprint density at radius 1 is 1.10 bits per heavy atom. The minimum atomic E-state index is -0.274. The van der Waals surface area contributed by atoms with Gasteiger partial charge in [-0.3, -0.25) is 0 Å². The first-order valence-corrected chi connectivity index (χ1v) is 10.6. The van der Waals surface area contributed by atoms with Crippen LogP contribution in [-0.4, -0.2) is 23.7 Å². The fourth-order valence-electron chi connectivity index (χ4n) is 2.93. The van der Waals surface area contributed by atoms with Gasteiger partial charge in [0.25, 0.3) is 0 Å². The zero-order chi connectivity index (χ0) is 20.5. The summed E-state index contributed by atoms with van der Waals surface area (Å²) >= 11 is 1.57. The highest BCUT2D eigenvalue weighted by molar-refractivity contribution is 7.07. The van der Waals surface area contributed by atoms with Gasteiger partial charge in [-0.05, 0) is 43.2 Å². The number of amides is 2. The summed E-state index contributed by atoms with van der Waals surface area (Å²) in [6.07, 6.45) is 1.59. The molecule has 0 fully saturated rings. The lowest BCUT2D eigenvalue weighted by atomic mass is 10.1. The minimum Gasteiger partial charge on any atom is -0.338 e. The summed E-state index contributed by atoms with van der Waals surface area (Å²) in [5.74, 6) is -0.274. The number of benzene rings is 2. The third-order valence-electron chi connectivity index (χ3n) is 4.34. The van der Waals surface area contributed by atoms with Crippen LogP contribution in [0.2, 0.25) is 0 Å². The van der Waals surface area contributed by atoms with Crippen molar-refractivity contribution in [3.63, 3.8) is 0 Å². The molecule has 0 aliphatic carbocycles. The number of rotatable bonds is 8. The van der Waals surface area contributed by atoms with Gasteiger partial charge in [0.1, 0.15) is 5.82 Å². The molecule has 0 saturated carbocycles. The second-order valence-corrected chi connectivity index (χ2v) is 7.39. The third-order valence-corrected chi connectivity index (χ3v) is 5.25. The summed E-state index contributed by atoms with van der Waals surface area (Å²) in [5.41, 5.74) is 3.11. The van der Waals surface area contributed by atoms with E-state index in [0.717, 1.165) is 24.2 Å². The van der Waals surface area contributed by atoms with Crippen LogP contribution in [0.1, 0.15) is 24.6 Å². The number of carbonyl (C=O) groups is 1. The average Bonchev–Trinajstić information content (AvgIpc) is 3.09. The quantitative estimate of drug-likeness (QED) is 0.535. The smallest absolute Gasteiger partial charge is 0.314 e. The highest BCUT2D eigenvalue weighted by atomic mass is 32.1. The molecular weight excluding hydrogens is 387 g/mol. The van der Waals surface area contributed by atoms with Crippen LogP contribution >= 0.6 is 11.3 Å². The third kappa shape index (κ3) is 6.29. The van der Waals surface area contributed by atoms with E-state index in [9.17, 15) is 9.18 Å². The molecule has 5 nitrogen and oxygen atoms in total. The molecule has 3 rings (SSSR count). The molecule has 0 radical (unpaired) electrons. The van der Waals surface area contributed by atoms with Crippen molar-refractivity contribution in [1.82, 2.24) is 15.2 Å². The van der Waals surface area contributed by atoms with Crippen molar-refractivity contribution in [2.24, 2.45) is 4.99 Å². The van der Waals surface area contributed by atoms with Crippen LogP contribution in [-0.2, 0) is 13.0 Å². The highest BCUT2D eigenvalue weighted by Gasteiger charge is 2.07. The molecule has 2 aromatic carbocycles. The lowest BCUT2D eigenvalue weighted by Gasteiger charge is -2.10. The SMILES string of the molecule is CCNC(=O)NCCCn1c(Cc2ccccc2)csc1=Nc1ccc(F)cc1. The first-order chi connectivity index (χ1) is 14.2. The number of nitrogens with zero attached hydrogens (tertiary/aromatic N) is 2. The van der Waals surface area contributed by atoms with Crippen LogP contribution in [0, 0.1) is 5.82 Å². The lowest BCUT2D eigenvalue weighted by Crippen LogP contribution is -2.36. The number of hydrogen-bond donors (Lipinski definition) is 2. The molecule has 2 amide bonds. The van der Waals surface area contributed by atoms with Gasteiger partial charge in [-0.2, -0.15) is 0 Å². The maximum Gasteiger partial charge on any atom is 0.314 e. The molecule has 0 spiro atoms. The van der Waals surface area contributed by atoms with E-state index in [1.807, 2.05) is 25.1 Å². The number of urea groups is 1. The van der Waals surface area contributed by atoms with Crippen molar-refractivity contribution in [3.05, 3.63) is 81.9 Å². The molecule has 0 aliphatic rings. The van der Waals surface area contributed by atoms with E-state index in [4.69, 9.17) is 4.99 Å². The van der Waals surface area contributed by atoms with Crippen molar-refractivity contribution in [2.45, 2.75) is 26.3 Å². The van der Waals surface area contributed by atoms with Gasteiger partial charge in [0.05, 0.1) is 5.69 Å². The van der Waals surface area contributed by atoms with Gasteiger partial charge in [0.15, 0.2) is 4.80 Å². The first-order valence-electron chi connectivity index (χ1n) is 9.69. The minimum absolute atomic E-state index is 0.149. The predicted molar refractivity (Wildman–Crippen MR) is 115 cm³/mol. The Balaban J connectivity index is 1.80. The first kappa shape index (κ1) is 20.8. The van der Waals surface area contributed by atoms with E-state index in [1.54, 1.807) is 23.5 Å². The van der Waals surface area contributed by atoms with Crippen molar-refractivity contribution in [1.29, 1.82) is 0 Å². The van der Waals surface area contributed by atoms with E-state index in [2.05, 4.69) is 32.7 Å². The van der Waals surface area contributed by atoms with Gasteiger partial charge in [-0.25, -0.2) is 14.2 Å². The van der Waals surface area contributed by atoms with Crippen molar-refractivity contribution in [2.75, 3.05) is 13.1 Å². The second-order valence-electron chi connectivity index (χ2n) is 6.55. The number of carbonyl (C=O) groups excluding carboxylic acids is 1. The van der Waals surface area contributed by atoms with Gasteiger partial charge in [0, 0.05) is 37.1 Å². The molecule has 0 bridgehead atoms. The van der Waals surface area contributed by atoms with Crippen LogP contribution in [0.3, 0.4) is 0 Å². The molecule has 152 valence electrons. The second kappa shape index (κ2) is 10.6. The summed E-state index contributed by atoms with van der Waals surface area (Å²) in [4.78, 5) is 17.1. The summed E-state index contributed by atoms with van der Waals surface area (Å²) in [5, 5.41) is 7.70. The summed E-state index contributed by atoms with van der Waals surface area (Å²) < 4.78 is 15.4. The highest BCUT2D eigenvalue weighted by Crippen LogP contribution is 2.14. The van der Waals surface area contributed by atoms with Gasteiger partial charge < -0.3 is 15.2 Å². The number of hydrogen-bond acceptors (Lipinski definition) is 3. The Morgan fingerprint density at radius 2 is 1.86 bits per heavy atom. The van der Waals surface area contributed by atoms with E-state index in [1.165, 1.54) is 23.4 Å². The van der Waals surface area contributed by atoms with Crippen LogP contribution in [0.5, 0.6) is 0 Å². The summed E-state index contributed by atoms with van der Waals surface area (Å²) in [7, 11) is 0. The normalized spacial score (nSPS) is 11.4. The van der Waals surface area contributed by atoms with Crippen LogP contribution < -0.4 is 15.4 Å². The lowest BCUT2D eigenvalue weighted by molar-refractivity contribution is 0.241. The Kier molecular flexibility index (Phi) is 7.58. The van der Waals surface area contributed by atoms with Gasteiger partial charge >= 0.3 is 6.03 Å². The molecule has 0 atom stereocenters. The van der Waals surface area contributed by atoms with Crippen molar-refractivity contribution in [3.8, 4) is 0 Å². The molecule has 2 N–H and O–H groups in total. The molecule has 1 heterocycles. The Labute approximate surface area is 173 Å². The number of nitrogens with one attached hydrogen (secondary N) is 2. The van der Waals surface area contributed by atoms with Crippen molar-refractivity contribution >= 4 is 23.1 Å². The molecule has 3 aromatic rings. The molecule has 1 aromatic heterocycles.